The molecule has 6 nitrogen and oxygen atoms in total. The van der Waals surface area contributed by atoms with Crippen LogP contribution < -0.4 is 14.8 Å². The number of fused-ring (bicyclic) bond motifs is 1. The fraction of sp³-hybridized carbons (Fsp3) is 0.200. The summed E-state index contributed by atoms with van der Waals surface area (Å²) in [5.41, 5.74) is 3.01. The molecule has 1 aliphatic rings. The molecule has 1 amide bonds. The van der Waals surface area contributed by atoms with Crippen molar-refractivity contribution in [2.24, 2.45) is 0 Å². The van der Waals surface area contributed by atoms with Crippen LogP contribution in [0.2, 0.25) is 5.02 Å². The minimum atomic E-state index is -0.194. The predicted octanol–water partition coefficient (Wildman–Crippen LogP) is 4.05. The summed E-state index contributed by atoms with van der Waals surface area (Å²) < 4.78 is 12.4. The van der Waals surface area contributed by atoms with E-state index in [4.69, 9.17) is 21.1 Å². The van der Waals surface area contributed by atoms with Crippen molar-refractivity contribution in [3.05, 3.63) is 70.5 Å². The average Bonchev–Trinajstić information content (AvgIpc) is 3.27. The molecule has 1 atom stereocenters. The van der Waals surface area contributed by atoms with Crippen LogP contribution >= 0.6 is 11.6 Å². The standard InChI is InChI=1S/C20H18ClN3O3/c1-12(14-6-7-18-19(8-14)27-11-26-18)23-20(25)17-10-22-24(13(17)2)16-5-3-4-15(21)9-16/h3-10,12H,11H2,1-2H3,(H,23,25). The molecule has 138 valence electrons. The number of hydrogen-bond acceptors (Lipinski definition) is 4. The summed E-state index contributed by atoms with van der Waals surface area (Å²) in [6.07, 6.45) is 1.57. The van der Waals surface area contributed by atoms with Gasteiger partial charge in [-0.3, -0.25) is 4.79 Å². The third kappa shape index (κ3) is 3.36. The Kier molecular flexibility index (Phi) is 4.49. The molecule has 0 aliphatic carbocycles. The van der Waals surface area contributed by atoms with Crippen LogP contribution in [0.3, 0.4) is 0 Å². The average molecular weight is 384 g/mol. The normalized spacial score (nSPS) is 13.4. The molecule has 0 saturated carbocycles. The van der Waals surface area contributed by atoms with Gasteiger partial charge in [-0.15, -0.1) is 0 Å². The number of benzene rings is 2. The van der Waals surface area contributed by atoms with E-state index in [9.17, 15) is 4.79 Å². The van der Waals surface area contributed by atoms with Crippen LogP contribution in [0.25, 0.3) is 5.69 Å². The number of carbonyl (C=O) groups excluding carboxylic acids is 1. The molecule has 0 spiro atoms. The van der Waals surface area contributed by atoms with Gasteiger partial charge in [-0.25, -0.2) is 4.68 Å². The molecule has 0 fully saturated rings. The zero-order valence-electron chi connectivity index (χ0n) is 14.9. The van der Waals surface area contributed by atoms with Crippen LogP contribution in [0.15, 0.2) is 48.7 Å². The quantitative estimate of drug-likeness (QED) is 0.738. The molecule has 4 rings (SSSR count). The minimum absolute atomic E-state index is 0.189. The summed E-state index contributed by atoms with van der Waals surface area (Å²) >= 11 is 6.05. The number of rotatable bonds is 4. The molecular formula is C20H18ClN3O3. The van der Waals surface area contributed by atoms with E-state index in [1.54, 1.807) is 23.0 Å². The fourth-order valence-electron chi connectivity index (χ4n) is 3.04. The lowest BCUT2D eigenvalue weighted by Crippen LogP contribution is -2.27. The Morgan fingerprint density at radius 3 is 2.85 bits per heavy atom. The van der Waals surface area contributed by atoms with Gasteiger partial charge in [-0.2, -0.15) is 5.10 Å². The monoisotopic (exact) mass is 383 g/mol. The molecule has 27 heavy (non-hydrogen) atoms. The zero-order valence-corrected chi connectivity index (χ0v) is 15.7. The second-order valence-corrected chi connectivity index (χ2v) is 6.78. The lowest BCUT2D eigenvalue weighted by molar-refractivity contribution is 0.0939. The van der Waals surface area contributed by atoms with E-state index in [2.05, 4.69) is 10.4 Å². The SMILES string of the molecule is Cc1c(C(=O)NC(C)c2ccc3c(c2)OCO3)cnn1-c1cccc(Cl)c1. The first kappa shape index (κ1) is 17.4. The Hall–Kier alpha value is -2.99. The van der Waals surface area contributed by atoms with Crippen LogP contribution in [-0.4, -0.2) is 22.5 Å². The van der Waals surface area contributed by atoms with Gasteiger partial charge in [0.05, 0.1) is 29.2 Å². The van der Waals surface area contributed by atoms with E-state index >= 15 is 0 Å². The highest BCUT2D eigenvalue weighted by Crippen LogP contribution is 2.34. The molecule has 0 radical (unpaired) electrons. The minimum Gasteiger partial charge on any atom is -0.454 e. The summed E-state index contributed by atoms with van der Waals surface area (Å²) in [5.74, 6) is 1.22. The molecule has 0 saturated heterocycles. The lowest BCUT2D eigenvalue weighted by atomic mass is 10.1. The number of aromatic nitrogens is 2. The highest BCUT2D eigenvalue weighted by atomic mass is 35.5. The Morgan fingerprint density at radius 1 is 1.22 bits per heavy atom. The molecule has 1 aliphatic heterocycles. The number of nitrogens with one attached hydrogen (secondary N) is 1. The number of amides is 1. The van der Waals surface area contributed by atoms with E-state index in [0.29, 0.717) is 16.3 Å². The maximum Gasteiger partial charge on any atom is 0.255 e. The Balaban J connectivity index is 1.53. The fourth-order valence-corrected chi connectivity index (χ4v) is 3.23. The number of halogens is 1. The second-order valence-electron chi connectivity index (χ2n) is 6.34. The molecular weight excluding hydrogens is 366 g/mol. The van der Waals surface area contributed by atoms with Crippen molar-refractivity contribution in [3.8, 4) is 17.2 Å². The molecule has 1 aromatic heterocycles. The first-order valence-corrected chi connectivity index (χ1v) is 8.91. The van der Waals surface area contributed by atoms with Crippen molar-refractivity contribution < 1.29 is 14.3 Å². The van der Waals surface area contributed by atoms with Gasteiger partial charge in [0.25, 0.3) is 5.91 Å². The maximum atomic E-state index is 12.7. The van der Waals surface area contributed by atoms with Crippen LogP contribution in [0.1, 0.15) is 34.6 Å². The first-order valence-electron chi connectivity index (χ1n) is 8.54. The molecule has 2 aromatic carbocycles. The number of ether oxygens (including phenoxy) is 2. The maximum absolute atomic E-state index is 12.7. The van der Waals surface area contributed by atoms with Crippen LogP contribution in [0.4, 0.5) is 0 Å². The summed E-state index contributed by atoms with van der Waals surface area (Å²) in [6.45, 7) is 4.00. The van der Waals surface area contributed by atoms with Crippen molar-refractivity contribution in [2.45, 2.75) is 19.9 Å². The first-order chi connectivity index (χ1) is 13.0. The number of carbonyl (C=O) groups is 1. The van der Waals surface area contributed by atoms with Gasteiger partial charge >= 0.3 is 0 Å². The van der Waals surface area contributed by atoms with Gasteiger partial charge in [0.1, 0.15) is 0 Å². The zero-order chi connectivity index (χ0) is 19.0. The van der Waals surface area contributed by atoms with Crippen molar-refractivity contribution in [2.75, 3.05) is 6.79 Å². The van der Waals surface area contributed by atoms with Crippen molar-refractivity contribution in [1.29, 1.82) is 0 Å². The highest BCUT2D eigenvalue weighted by Gasteiger charge is 2.20. The van der Waals surface area contributed by atoms with Crippen molar-refractivity contribution in [3.63, 3.8) is 0 Å². The topological polar surface area (TPSA) is 65.4 Å². The van der Waals surface area contributed by atoms with Gasteiger partial charge in [0.15, 0.2) is 11.5 Å². The van der Waals surface area contributed by atoms with Crippen molar-refractivity contribution >= 4 is 17.5 Å². The molecule has 1 unspecified atom stereocenters. The van der Waals surface area contributed by atoms with Crippen molar-refractivity contribution in [1.82, 2.24) is 15.1 Å². The largest absolute Gasteiger partial charge is 0.454 e. The van der Waals surface area contributed by atoms with E-state index in [1.165, 1.54) is 0 Å². The van der Waals surface area contributed by atoms with Gasteiger partial charge in [0, 0.05) is 5.02 Å². The Bertz CT molecular complexity index is 1020. The molecule has 0 bridgehead atoms. The van der Waals surface area contributed by atoms with Gasteiger partial charge in [-0.05, 0) is 49.7 Å². The molecule has 1 N–H and O–H groups in total. The summed E-state index contributed by atoms with van der Waals surface area (Å²) in [5, 5.41) is 7.96. The highest BCUT2D eigenvalue weighted by molar-refractivity contribution is 6.30. The van der Waals surface area contributed by atoms with Crippen LogP contribution in [-0.2, 0) is 0 Å². The van der Waals surface area contributed by atoms with E-state index < -0.39 is 0 Å². The third-order valence-electron chi connectivity index (χ3n) is 4.55. The van der Waals surface area contributed by atoms with E-state index in [0.717, 1.165) is 22.7 Å². The smallest absolute Gasteiger partial charge is 0.255 e. The van der Waals surface area contributed by atoms with Gasteiger partial charge in [-0.1, -0.05) is 23.7 Å². The lowest BCUT2D eigenvalue weighted by Gasteiger charge is -2.15. The predicted molar refractivity (Wildman–Crippen MR) is 102 cm³/mol. The van der Waals surface area contributed by atoms with Crippen LogP contribution in [0.5, 0.6) is 11.5 Å². The Morgan fingerprint density at radius 2 is 2.04 bits per heavy atom. The third-order valence-corrected chi connectivity index (χ3v) is 4.79. The molecule has 7 heteroatoms. The van der Waals surface area contributed by atoms with Crippen LogP contribution in [0, 0.1) is 6.92 Å². The summed E-state index contributed by atoms with van der Waals surface area (Å²) in [4.78, 5) is 12.7. The molecule has 2 heterocycles. The Labute approximate surface area is 161 Å². The second kappa shape index (κ2) is 6.96. The summed E-state index contributed by atoms with van der Waals surface area (Å²) in [6, 6.07) is 12.8. The van der Waals surface area contributed by atoms with Gasteiger partial charge in [0.2, 0.25) is 6.79 Å². The van der Waals surface area contributed by atoms with Gasteiger partial charge < -0.3 is 14.8 Å². The number of nitrogens with zero attached hydrogens (tertiary/aromatic N) is 2. The molecule has 3 aromatic rings. The van der Waals surface area contributed by atoms with E-state index in [1.807, 2.05) is 44.2 Å². The summed E-state index contributed by atoms with van der Waals surface area (Å²) in [7, 11) is 0. The number of hydrogen-bond donors (Lipinski definition) is 1. The van der Waals surface area contributed by atoms with E-state index in [-0.39, 0.29) is 18.7 Å².